The van der Waals surface area contributed by atoms with Crippen molar-refractivity contribution in [3.63, 3.8) is 0 Å². The van der Waals surface area contributed by atoms with Gasteiger partial charge in [0.25, 0.3) is 0 Å². The Kier molecular flexibility index (Phi) is 2.64. The van der Waals surface area contributed by atoms with E-state index >= 15 is 0 Å². The average molecular weight is 240 g/mol. The summed E-state index contributed by atoms with van der Waals surface area (Å²) in [6.45, 7) is 2.09. The van der Waals surface area contributed by atoms with Crippen LogP contribution in [0, 0.1) is 6.92 Å². The van der Waals surface area contributed by atoms with Crippen LogP contribution in [0.25, 0.3) is 17.5 Å². The number of fused-ring (bicyclic) bond motifs is 1. The highest BCUT2D eigenvalue weighted by Gasteiger charge is 2.14. The highest BCUT2D eigenvalue weighted by atomic mass is 15.3. The molecule has 0 amide bonds. The zero-order valence-electron chi connectivity index (χ0n) is 10.5. The minimum absolute atomic E-state index is 0.144. The van der Waals surface area contributed by atoms with E-state index in [9.17, 15) is 0 Å². The van der Waals surface area contributed by atoms with Gasteiger partial charge >= 0.3 is 0 Å². The predicted octanol–water partition coefficient (Wildman–Crippen LogP) is 2.30. The molecular weight excluding hydrogens is 224 g/mol. The summed E-state index contributed by atoms with van der Waals surface area (Å²) < 4.78 is 2.01. The van der Waals surface area contributed by atoms with Gasteiger partial charge in [0.1, 0.15) is 6.17 Å². The summed E-state index contributed by atoms with van der Waals surface area (Å²) in [4.78, 5) is 4.62. The van der Waals surface area contributed by atoms with Crippen molar-refractivity contribution < 1.29 is 0 Å². The third kappa shape index (κ3) is 1.91. The van der Waals surface area contributed by atoms with Crippen LogP contribution in [-0.2, 0) is 0 Å². The molecule has 0 bridgehead atoms. The van der Waals surface area contributed by atoms with E-state index in [2.05, 4.69) is 52.9 Å². The zero-order chi connectivity index (χ0) is 12.5. The fraction of sp³-hybridized carbons (Fsp3) is 0.214. The Labute approximate surface area is 106 Å². The second-order valence-corrected chi connectivity index (χ2v) is 4.48. The van der Waals surface area contributed by atoms with Gasteiger partial charge in [-0.1, -0.05) is 23.8 Å². The van der Waals surface area contributed by atoms with Crippen LogP contribution < -0.4 is 10.6 Å². The molecule has 3 rings (SSSR count). The van der Waals surface area contributed by atoms with Crippen molar-refractivity contribution in [2.24, 2.45) is 0 Å². The first-order valence-electron chi connectivity index (χ1n) is 6.04. The molecular formula is C14H16N4. The number of anilines is 1. The molecule has 1 aromatic heterocycles. The van der Waals surface area contributed by atoms with E-state index in [0.717, 1.165) is 17.2 Å². The normalized spacial score (nSPS) is 17.3. The first kappa shape index (κ1) is 11.0. The monoisotopic (exact) mass is 240 g/mol. The molecule has 1 atom stereocenters. The summed E-state index contributed by atoms with van der Waals surface area (Å²) >= 11 is 0. The Bertz CT molecular complexity index is 598. The summed E-state index contributed by atoms with van der Waals surface area (Å²) in [5.41, 5.74) is 3.38. The van der Waals surface area contributed by atoms with E-state index in [4.69, 9.17) is 0 Å². The Morgan fingerprint density at radius 3 is 3.06 bits per heavy atom. The van der Waals surface area contributed by atoms with Crippen LogP contribution in [0.5, 0.6) is 0 Å². The van der Waals surface area contributed by atoms with Crippen molar-refractivity contribution in [1.82, 2.24) is 14.9 Å². The molecule has 0 saturated heterocycles. The Balaban J connectivity index is 1.97. The molecule has 0 fully saturated rings. The van der Waals surface area contributed by atoms with Gasteiger partial charge < -0.3 is 5.32 Å². The molecule has 1 aliphatic heterocycles. The van der Waals surface area contributed by atoms with Gasteiger partial charge in [-0.2, -0.15) is 0 Å². The first-order valence-corrected chi connectivity index (χ1v) is 6.04. The minimum atomic E-state index is 0.144. The molecule has 0 aliphatic carbocycles. The lowest BCUT2D eigenvalue weighted by atomic mass is 10.1. The molecule has 2 N–H and O–H groups in total. The van der Waals surface area contributed by atoms with Gasteiger partial charge in [0.05, 0.1) is 5.69 Å². The van der Waals surface area contributed by atoms with E-state index in [1.165, 1.54) is 5.56 Å². The number of imidazole rings is 1. The number of benzene rings is 1. The molecule has 2 heterocycles. The quantitative estimate of drug-likeness (QED) is 0.846. The zero-order valence-corrected chi connectivity index (χ0v) is 10.5. The van der Waals surface area contributed by atoms with Crippen molar-refractivity contribution >= 4 is 12.1 Å². The standard InChI is InChI=1S/C14H16N4/c1-10-4-3-5-11(8-10)12-9-18-7-6-13(15-2)17-14(18)16-12/h3-9,13,15H,1-2H3,(H,16,17). The SMILES string of the molecule is CNC1C=Cn2cc(-c3cccc(C)c3)nc2N1. The van der Waals surface area contributed by atoms with E-state index < -0.39 is 0 Å². The largest absolute Gasteiger partial charge is 0.336 e. The van der Waals surface area contributed by atoms with E-state index in [1.807, 2.05) is 24.0 Å². The Morgan fingerprint density at radius 1 is 1.39 bits per heavy atom. The van der Waals surface area contributed by atoms with Crippen molar-refractivity contribution in [2.75, 3.05) is 12.4 Å². The molecule has 0 saturated carbocycles. The number of aromatic nitrogens is 2. The highest BCUT2D eigenvalue weighted by molar-refractivity contribution is 5.64. The third-order valence-corrected chi connectivity index (χ3v) is 3.08. The van der Waals surface area contributed by atoms with E-state index in [0.29, 0.717) is 0 Å². The summed E-state index contributed by atoms with van der Waals surface area (Å²) in [5.74, 6) is 0.869. The minimum Gasteiger partial charge on any atom is -0.336 e. The van der Waals surface area contributed by atoms with Crippen LogP contribution in [0.2, 0.25) is 0 Å². The van der Waals surface area contributed by atoms with Crippen LogP contribution in [0.4, 0.5) is 5.95 Å². The number of nitrogens with one attached hydrogen (secondary N) is 2. The molecule has 0 radical (unpaired) electrons. The maximum Gasteiger partial charge on any atom is 0.209 e. The van der Waals surface area contributed by atoms with Gasteiger partial charge in [0.15, 0.2) is 0 Å². The number of likely N-dealkylation sites (N-methyl/N-ethyl adjacent to an activating group) is 1. The molecule has 1 unspecified atom stereocenters. The van der Waals surface area contributed by atoms with Gasteiger partial charge in [-0.15, -0.1) is 0 Å². The van der Waals surface area contributed by atoms with Crippen molar-refractivity contribution in [2.45, 2.75) is 13.1 Å². The third-order valence-electron chi connectivity index (χ3n) is 3.08. The molecule has 92 valence electrons. The van der Waals surface area contributed by atoms with Gasteiger partial charge in [0, 0.05) is 18.0 Å². The fourth-order valence-electron chi connectivity index (χ4n) is 2.09. The first-order chi connectivity index (χ1) is 8.76. The Morgan fingerprint density at radius 2 is 2.28 bits per heavy atom. The topological polar surface area (TPSA) is 41.9 Å². The van der Waals surface area contributed by atoms with Crippen LogP contribution in [-0.4, -0.2) is 22.8 Å². The van der Waals surface area contributed by atoms with E-state index in [1.54, 1.807) is 0 Å². The van der Waals surface area contributed by atoms with Crippen LogP contribution in [0.3, 0.4) is 0 Å². The number of aryl methyl sites for hydroxylation is 1. The fourth-order valence-corrected chi connectivity index (χ4v) is 2.09. The van der Waals surface area contributed by atoms with Crippen LogP contribution >= 0.6 is 0 Å². The van der Waals surface area contributed by atoms with Gasteiger partial charge in [0.2, 0.25) is 5.95 Å². The maximum atomic E-state index is 4.62. The maximum absolute atomic E-state index is 4.62. The molecule has 4 nitrogen and oxygen atoms in total. The number of hydrogen-bond acceptors (Lipinski definition) is 3. The average Bonchev–Trinajstić information content (AvgIpc) is 2.81. The second-order valence-electron chi connectivity index (χ2n) is 4.48. The van der Waals surface area contributed by atoms with Gasteiger partial charge in [-0.25, -0.2) is 4.98 Å². The smallest absolute Gasteiger partial charge is 0.209 e. The molecule has 1 aliphatic rings. The number of hydrogen-bond donors (Lipinski definition) is 2. The number of rotatable bonds is 2. The summed E-state index contributed by atoms with van der Waals surface area (Å²) in [6.07, 6.45) is 6.28. The van der Waals surface area contributed by atoms with Gasteiger partial charge in [-0.05, 0) is 26.1 Å². The summed E-state index contributed by atoms with van der Waals surface area (Å²) in [6, 6.07) is 8.38. The van der Waals surface area contributed by atoms with Crippen LogP contribution in [0.15, 0.2) is 36.5 Å². The number of nitrogens with zero attached hydrogens (tertiary/aromatic N) is 2. The molecule has 18 heavy (non-hydrogen) atoms. The molecule has 4 heteroatoms. The van der Waals surface area contributed by atoms with Crippen molar-refractivity contribution in [3.05, 3.63) is 42.1 Å². The molecule has 2 aromatic rings. The lowest BCUT2D eigenvalue weighted by molar-refractivity contribution is 0.722. The lowest BCUT2D eigenvalue weighted by Crippen LogP contribution is -2.34. The lowest BCUT2D eigenvalue weighted by Gasteiger charge is -2.18. The van der Waals surface area contributed by atoms with Crippen molar-refractivity contribution in [1.29, 1.82) is 0 Å². The van der Waals surface area contributed by atoms with E-state index in [-0.39, 0.29) is 6.17 Å². The second kappa shape index (κ2) is 4.31. The van der Waals surface area contributed by atoms with Crippen molar-refractivity contribution in [3.8, 4) is 11.3 Å². The molecule has 1 aromatic carbocycles. The Hall–Kier alpha value is -2.07. The van der Waals surface area contributed by atoms with Gasteiger partial charge in [-0.3, -0.25) is 9.88 Å². The predicted molar refractivity (Wildman–Crippen MR) is 74.2 cm³/mol. The summed E-state index contributed by atoms with van der Waals surface area (Å²) in [7, 11) is 1.92. The summed E-state index contributed by atoms with van der Waals surface area (Å²) in [5, 5.41) is 6.46. The van der Waals surface area contributed by atoms with Crippen LogP contribution in [0.1, 0.15) is 5.56 Å². The molecule has 0 spiro atoms. The highest BCUT2D eigenvalue weighted by Crippen LogP contribution is 2.23.